The number of sulfone groups is 1. The molecular weight excluding hydrogens is 230 g/mol. The molecule has 16 heavy (non-hydrogen) atoms. The summed E-state index contributed by atoms with van der Waals surface area (Å²) in [5.41, 5.74) is 0. The van der Waals surface area contributed by atoms with E-state index in [1.54, 1.807) is 18.9 Å². The van der Waals surface area contributed by atoms with E-state index in [1.807, 2.05) is 6.92 Å². The molecule has 5 nitrogen and oxygen atoms in total. The second kappa shape index (κ2) is 6.85. The summed E-state index contributed by atoms with van der Waals surface area (Å²) in [7, 11) is -1.39. The summed E-state index contributed by atoms with van der Waals surface area (Å²) in [6.45, 7) is 3.86. The summed E-state index contributed by atoms with van der Waals surface area (Å²) in [6, 6.07) is -0.600. The fourth-order valence-electron chi connectivity index (χ4n) is 1.53. The normalized spacial score (nSPS) is 14.0. The lowest BCUT2D eigenvalue weighted by molar-refractivity contribution is -0.142. The Labute approximate surface area is 97.4 Å². The van der Waals surface area contributed by atoms with E-state index in [9.17, 15) is 13.2 Å². The van der Waals surface area contributed by atoms with Gasteiger partial charge in [-0.3, -0.25) is 9.69 Å². The van der Waals surface area contributed by atoms with Crippen molar-refractivity contribution in [2.45, 2.75) is 32.7 Å². The van der Waals surface area contributed by atoms with E-state index < -0.39 is 21.8 Å². The number of hydrogen-bond donors (Lipinski definition) is 1. The van der Waals surface area contributed by atoms with Gasteiger partial charge in [0.05, 0.1) is 5.75 Å². The quantitative estimate of drug-likeness (QED) is 0.684. The maximum absolute atomic E-state index is 11.4. The minimum atomic E-state index is -3.03. The van der Waals surface area contributed by atoms with Crippen LogP contribution in [0.3, 0.4) is 0 Å². The van der Waals surface area contributed by atoms with Crippen LogP contribution < -0.4 is 0 Å². The molecule has 1 N–H and O–H groups in total. The second-order valence-electron chi connectivity index (χ2n) is 3.89. The van der Waals surface area contributed by atoms with E-state index in [4.69, 9.17) is 5.11 Å². The molecule has 6 heteroatoms. The third-order valence-corrected chi connectivity index (χ3v) is 4.31. The molecule has 0 aromatic rings. The van der Waals surface area contributed by atoms with Crippen LogP contribution in [-0.4, -0.2) is 55.5 Å². The van der Waals surface area contributed by atoms with E-state index in [1.165, 1.54) is 0 Å². The summed E-state index contributed by atoms with van der Waals surface area (Å²) >= 11 is 0. The van der Waals surface area contributed by atoms with Gasteiger partial charge in [0.1, 0.15) is 6.04 Å². The largest absolute Gasteiger partial charge is 0.480 e. The molecule has 0 aliphatic heterocycles. The maximum atomic E-state index is 11.4. The summed E-state index contributed by atoms with van der Waals surface area (Å²) in [5, 5.41) is 8.89. The Hall–Kier alpha value is -0.620. The highest BCUT2D eigenvalue weighted by atomic mass is 32.2. The fourth-order valence-corrected chi connectivity index (χ4v) is 2.92. The lowest BCUT2D eigenvalue weighted by Gasteiger charge is -2.23. The molecule has 1 atom stereocenters. The number of carboxylic acid groups (broad SMARTS) is 1. The number of aliphatic carboxylic acids is 1. The van der Waals surface area contributed by atoms with Crippen LogP contribution in [0.5, 0.6) is 0 Å². The van der Waals surface area contributed by atoms with Gasteiger partial charge >= 0.3 is 5.97 Å². The Morgan fingerprint density at radius 2 is 1.88 bits per heavy atom. The molecule has 1 unspecified atom stereocenters. The van der Waals surface area contributed by atoms with E-state index in [0.29, 0.717) is 12.8 Å². The average Bonchev–Trinajstić information content (AvgIpc) is 2.15. The first kappa shape index (κ1) is 15.4. The molecule has 0 amide bonds. The molecule has 0 saturated heterocycles. The Morgan fingerprint density at radius 1 is 1.31 bits per heavy atom. The van der Waals surface area contributed by atoms with Crippen LogP contribution in [0.25, 0.3) is 0 Å². The molecule has 0 saturated carbocycles. The topological polar surface area (TPSA) is 74.7 Å². The summed E-state index contributed by atoms with van der Waals surface area (Å²) < 4.78 is 22.9. The van der Waals surface area contributed by atoms with Crippen molar-refractivity contribution in [3.8, 4) is 0 Å². The highest BCUT2D eigenvalue weighted by molar-refractivity contribution is 7.91. The number of carbonyl (C=O) groups is 1. The minimum absolute atomic E-state index is 0.0289. The molecule has 0 fully saturated rings. The predicted octanol–water partition coefficient (Wildman–Crippen LogP) is 0.606. The monoisotopic (exact) mass is 251 g/mol. The van der Waals surface area contributed by atoms with E-state index in [0.717, 1.165) is 0 Å². The minimum Gasteiger partial charge on any atom is -0.480 e. The number of rotatable bonds is 8. The average molecular weight is 251 g/mol. The highest BCUT2D eigenvalue weighted by Gasteiger charge is 2.21. The van der Waals surface area contributed by atoms with Crippen LogP contribution in [0, 0.1) is 0 Å². The second-order valence-corrected chi connectivity index (χ2v) is 6.20. The zero-order valence-electron chi connectivity index (χ0n) is 10.1. The van der Waals surface area contributed by atoms with Crippen LogP contribution in [0.1, 0.15) is 26.7 Å². The van der Waals surface area contributed by atoms with Crippen LogP contribution in [-0.2, 0) is 14.6 Å². The molecule has 0 aliphatic rings. The van der Waals surface area contributed by atoms with E-state index in [2.05, 4.69) is 0 Å². The predicted molar refractivity (Wildman–Crippen MR) is 63.3 cm³/mol. The molecular formula is C10H21NO4S. The molecule has 0 aromatic carbocycles. The van der Waals surface area contributed by atoms with Crippen molar-refractivity contribution in [2.75, 3.05) is 25.1 Å². The Kier molecular flexibility index (Phi) is 6.59. The Balaban J connectivity index is 4.25. The van der Waals surface area contributed by atoms with Gasteiger partial charge in [-0.25, -0.2) is 8.42 Å². The van der Waals surface area contributed by atoms with Crippen LogP contribution in [0.4, 0.5) is 0 Å². The van der Waals surface area contributed by atoms with Crippen LogP contribution >= 0.6 is 0 Å². The first-order chi connectivity index (χ1) is 7.34. The SMILES string of the molecule is CCCS(=O)(=O)CCN(C)C(CC)C(=O)O. The smallest absolute Gasteiger partial charge is 0.320 e. The number of hydrogen-bond acceptors (Lipinski definition) is 4. The molecule has 0 aromatic heterocycles. The molecule has 0 aliphatic carbocycles. The highest BCUT2D eigenvalue weighted by Crippen LogP contribution is 2.03. The lowest BCUT2D eigenvalue weighted by atomic mass is 10.2. The first-order valence-corrected chi connectivity index (χ1v) is 7.29. The molecule has 0 radical (unpaired) electrons. The van der Waals surface area contributed by atoms with Crippen LogP contribution in [0.2, 0.25) is 0 Å². The number of likely N-dealkylation sites (N-methyl/N-ethyl adjacent to an activating group) is 1. The number of nitrogens with zero attached hydrogens (tertiary/aromatic N) is 1. The Bertz CT molecular complexity index is 313. The number of carboxylic acids is 1. The van der Waals surface area contributed by atoms with Crippen LogP contribution in [0.15, 0.2) is 0 Å². The van der Waals surface area contributed by atoms with Gasteiger partial charge in [0.2, 0.25) is 0 Å². The Morgan fingerprint density at radius 3 is 2.25 bits per heavy atom. The fraction of sp³-hybridized carbons (Fsp3) is 0.900. The molecule has 0 spiro atoms. The van der Waals surface area contributed by atoms with Crippen molar-refractivity contribution in [3.63, 3.8) is 0 Å². The zero-order valence-corrected chi connectivity index (χ0v) is 11.0. The molecule has 0 rings (SSSR count). The maximum Gasteiger partial charge on any atom is 0.320 e. The van der Waals surface area contributed by atoms with Gasteiger partial charge in [-0.1, -0.05) is 13.8 Å². The van der Waals surface area contributed by atoms with Crippen molar-refractivity contribution >= 4 is 15.8 Å². The van der Waals surface area contributed by atoms with Crippen molar-refractivity contribution < 1.29 is 18.3 Å². The van der Waals surface area contributed by atoms with Gasteiger partial charge in [-0.2, -0.15) is 0 Å². The summed E-state index contributed by atoms with van der Waals surface area (Å²) in [4.78, 5) is 12.4. The first-order valence-electron chi connectivity index (χ1n) is 5.47. The van der Waals surface area contributed by atoms with Gasteiger partial charge in [0.25, 0.3) is 0 Å². The van der Waals surface area contributed by atoms with Gasteiger partial charge in [0, 0.05) is 12.3 Å². The van der Waals surface area contributed by atoms with Gasteiger partial charge < -0.3 is 5.11 Å². The summed E-state index contributed by atoms with van der Waals surface area (Å²) in [6.07, 6.45) is 1.07. The third kappa shape index (κ3) is 5.46. The third-order valence-electron chi connectivity index (χ3n) is 2.47. The van der Waals surface area contributed by atoms with Crippen molar-refractivity contribution in [3.05, 3.63) is 0 Å². The van der Waals surface area contributed by atoms with Crippen molar-refractivity contribution in [1.29, 1.82) is 0 Å². The van der Waals surface area contributed by atoms with E-state index >= 15 is 0 Å². The molecule has 0 bridgehead atoms. The molecule has 96 valence electrons. The van der Waals surface area contributed by atoms with Gasteiger partial charge in [-0.15, -0.1) is 0 Å². The van der Waals surface area contributed by atoms with Crippen molar-refractivity contribution in [2.24, 2.45) is 0 Å². The standard InChI is InChI=1S/C10H21NO4S/c1-4-7-16(14,15)8-6-11(3)9(5-2)10(12)13/h9H,4-8H2,1-3H3,(H,12,13). The van der Waals surface area contributed by atoms with Gasteiger partial charge in [-0.05, 0) is 19.9 Å². The van der Waals surface area contributed by atoms with Gasteiger partial charge in [0.15, 0.2) is 9.84 Å². The molecule has 0 heterocycles. The summed E-state index contributed by atoms with van der Waals surface area (Å²) in [5.74, 6) is -0.705. The lowest BCUT2D eigenvalue weighted by Crippen LogP contribution is -2.40. The van der Waals surface area contributed by atoms with Crippen molar-refractivity contribution in [1.82, 2.24) is 4.90 Å². The van der Waals surface area contributed by atoms with E-state index in [-0.39, 0.29) is 18.1 Å². The zero-order chi connectivity index (χ0) is 12.8.